The first kappa shape index (κ1) is 14.6. The lowest BCUT2D eigenvalue weighted by atomic mass is 10.1. The maximum Gasteiger partial charge on any atom is 0.127 e. The van der Waals surface area contributed by atoms with E-state index < -0.39 is 5.82 Å². The number of nitrogens with zero attached hydrogens (tertiary/aromatic N) is 2. The zero-order chi connectivity index (χ0) is 15.7. The van der Waals surface area contributed by atoms with Crippen molar-refractivity contribution in [2.24, 2.45) is 5.73 Å². The topological polar surface area (TPSA) is 64.1 Å². The van der Waals surface area contributed by atoms with Crippen LogP contribution in [0.3, 0.4) is 0 Å². The molecule has 1 heterocycles. The van der Waals surface area contributed by atoms with Crippen LogP contribution in [-0.2, 0) is 6.54 Å². The van der Waals surface area contributed by atoms with Crippen molar-refractivity contribution in [1.82, 2.24) is 9.78 Å². The van der Waals surface area contributed by atoms with Crippen LogP contribution in [0.5, 0.6) is 5.75 Å². The van der Waals surface area contributed by atoms with E-state index in [9.17, 15) is 9.50 Å². The summed E-state index contributed by atoms with van der Waals surface area (Å²) < 4.78 is 14.8. The lowest BCUT2D eigenvalue weighted by Crippen LogP contribution is -2.02. The van der Waals surface area contributed by atoms with E-state index in [1.165, 1.54) is 12.1 Å². The quantitative estimate of drug-likeness (QED) is 0.777. The number of halogens is 2. The van der Waals surface area contributed by atoms with Gasteiger partial charge in [-0.05, 0) is 35.9 Å². The van der Waals surface area contributed by atoms with Crippen molar-refractivity contribution in [2.75, 3.05) is 0 Å². The summed E-state index contributed by atoms with van der Waals surface area (Å²) in [6.45, 7) is 0.351. The van der Waals surface area contributed by atoms with Crippen molar-refractivity contribution in [1.29, 1.82) is 0 Å². The van der Waals surface area contributed by atoms with Crippen molar-refractivity contribution in [3.63, 3.8) is 0 Å². The fraction of sp³-hybridized carbons (Fsp3) is 0.0625. The number of benzene rings is 2. The lowest BCUT2D eigenvalue weighted by molar-refractivity contribution is 0.470. The lowest BCUT2D eigenvalue weighted by Gasteiger charge is -2.11. The number of aromatic hydroxyl groups is 1. The molecule has 0 aliphatic rings. The van der Waals surface area contributed by atoms with E-state index in [1.54, 1.807) is 23.0 Å². The number of phenols is 1. The molecule has 0 spiro atoms. The summed E-state index contributed by atoms with van der Waals surface area (Å²) in [5.74, 6) is -0.644. The third kappa shape index (κ3) is 2.56. The predicted octanol–water partition coefficient (Wildman–Crippen LogP) is 3.50. The first-order chi connectivity index (χ1) is 10.6. The Morgan fingerprint density at radius 3 is 2.68 bits per heavy atom. The molecule has 0 aliphatic carbocycles. The summed E-state index contributed by atoms with van der Waals surface area (Å²) in [6, 6.07) is 11.0. The fourth-order valence-electron chi connectivity index (χ4n) is 2.27. The van der Waals surface area contributed by atoms with E-state index in [0.717, 1.165) is 17.3 Å². The van der Waals surface area contributed by atoms with Gasteiger partial charge in [0.2, 0.25) is 0 Å². The number of rotatable bonds is 3. The summed E-state index contributed by atoms with van der Waals surface area (Å²) in [4.78, 5) is 0. The average molecular weight is 318 g/mol. The van der Waals surface area contributed by atoms with Gasteiger partial charge in [0.05, 0.1) is 17.6 Å². The molecule has 0 aliphatic heterocycles. The molecule has 3 N–H and O–H groups in total. The molecule has 0 fully saturated rings. The molecule has 1 aromatic heterocycles. The zero-order valence-corrected chi connectivity index (χ0v) is 12.3. The fourth-order valence-corrected chi connectivity index (χ4v) is 2.52. The van der Waals surface area contributed by atoms with E-state index in [2.05, 4.69) is 5.10 Å². The minimum atomic E-state index is -0.498. The molecule has 0 amide bonds. The number of hydrogen-bond acceptors (Lipinski definition) is 3. The Bertz CT molecular complexity index is 832. The summed E-state index contributed by atoms with van der Waals surface area (Å²) in [6.07, 6.45) is 1.60. The second-order valence-corrected chi connectivity index (χ2v) is 5.18. The Morgan fingerprint density at radius 2 is 2.00 bits per heavy atom. The molecule has 0 atom stereocenters. The largest absolute Gasteiger partial charge is 0.507 e. The first-order valence-electron chi connectivity index (χ1n) is 6.62. The molecule has 3 aromatic rings. The highest BCUT2D eigenvalue weighted by Gasteiger charge is 2.13. The molecule has 2 aromatic carbocycles. The van der Waals surface area contributed by atoms with Gasteiger partial charge >= 0.3 is 0 Å². The molecule has 6 heteroatoms. The molecular weight excluding hydrogens is 305 g/mol. The van der Waals surface area contributed by atoms with Gasteiger partial charge in [0, 0.05) is 23.2 Å². The SMILES string of the molecule is NCc1ccc(-n2nccc2-c2ccc(F)cc2O)cc1Cl. The molecule has 22 heavy (non-hydrogen) atoms. The van der Waals surface area contributed by atoms with E-state index in [1.807, 2.05) is 12.1 Å². The van der Waals surface area contributed by atoms with Crippen LogP contribution in [0.4, 0.5) is 4.39 Å². The molecule has 0 saturated heterocycles. The third-order valence-corrected chi connectivity index (χ3v) is 3.73. The molecule has 0 saturated carbocycles. The number of phenolic OH excluding ortho intramolecular Hbond substituents is 1. The highest BCUT2D eigenvalue weighted by atomic mass is 35.5. The van der Waals surface area contributed by atoms with Gasteiger partial charge in [-0.25, -0.2) is 9.07 Å². The van der Waals surface area contributed by atoms with E-state index in [-0.39, 0.29) is 5.75 Å². The number of hydrogen-bond donors (Lipinski definition) is 2. The second-order valence-electron chi connectivity index (χ2n) is 4.77. The summed E-state index contributed by atoms with van der Waals surface area (Å²) in [5, 5.41) is 14.7. The zero-order valence-electron chi connectivity index (χ0n) is 11.5. The molecule has 0 radical (unpaired) electrons. The minimum absolute atomic E-state index is 0.147. The van der Waals surface area contributed by atoms with Crippen molar-refractivity contribution in [3.05, 3.63) is 65.1 Å². The molecule has 0 bridgehead atoms. The average Bonchev–Trinajstić information content (AvgIpc) is 2.96. The standard InChI is InChI=1S/C16H13ClFN3O/c17-14-8-12(3-1-10(14)9-19)21-15(5-6-20-21)13-4-2-11(18)7-16(13)22/h1-8,22H,9,19H2. The predicted molar refractivity (Wildman–Crippen MR) is 83.5 cm³/mol. The number of nitrogens with two attached hydrogens (primary N) is 1. The van der Waals surface area contributed by atoms with Gasteiger partial charge in [-0.15, -0.1) is 0 Å². The van der Waals surface area contributed by atoms with Gasteiger partial charge in [-0.3, -0.25) is 0 Å². The van der Waals surface area contributed by atoms with Gasteiger partial charge in [0.15, 0.2) is 0 Å². The Labute approximate surface area is 131 Å². The molecule has 112 valence electrons. The van der Waals surface area contributed by atoms with Gasteiger partial charge in [0.25, 0.3) is 0 Å². The third-order valence-electron chi connectivity index (χ3n) is 3.38. The Hall–Kier alpha value is -2.37. The van der Waals surface area contributed by atoms with Gasteiger partial charge in [-0.2, -0.15) is 5.10 Å². The normalized spacial score (nSPS) is 10.9. The smallest absolute Gasteiger partial charge is 0.127 e. The monoisotopic (exact) mass is 317 g/mol. The van der Waals surface area contributed by atoms with Crippen LogP contribution in [0.1, 0.15) is 5.56 Å². The van der Waals surface area contributed by atoms with Crippen molar-refractivity contribution in [2.45, 2.75) is 6.54 Å². The molecule has 0 unspecified atom stereocenters. The number of aromatic nitrogens is 2. The second kappa shape index (κ2) is 5.79. The van der Waals surface area contributed by atoms with Crippen LogP contribution in [0.2, 0.25) is 5.02 Å². The highest BCUT2D eigenvalue weighted by Crippen LogP contribution is 2.31. The Morgan fingerprint density at radius 1 is 1.18 bits per heavy atom. The van der Waals surface area contributed by atoms with E-state index in [4.69, 9.17) is 17.3 Å². The van der Waals surface area contributed by atoms with Crippen LogP contribution < -0.4 is 5.73 Å². The maximum absolute atomic E-state index is 13.1. The van der Waals surface area contributed by atoms with E-state index in [0.29, 0.717) is 22.8 Å². The Balaban J connectivity index is 2.11. The molecule has 3 rings (SSSR count). The maximum atomic E-state index is 13.1. The summed E-state index contributed by atoms with van der Waals surface area (Å²) in [7, 11) is 0. The van der Waals surface area contributed by atoms with E-state index >= 15 is 0 Å². The van der Waals surface area contributed by atoms with Gasteiger partial charge in [-0.1, -0.05) is 17.7 Å². The Kier molecular flexibility index (Phi) is 3.83. The van der Waals surface area contributed by atoms with Gasteiger partial charge < -0.3 is 10.8 Å². The minimum Gasteiger partial charge on any atom is -0.507 e. The summed E-state index contributed by atoms with van der Waals surface area (Å²) in [5.41, 5.74) is 8.28. The molecular formula is C16H13ClFN3O. The summed E-state index contributed by atoms with van der Waals surface area (Å²) >= 11 is 6.18. The van der Waals surface area contributed by atoms with Crippen LogP contribution in [0.25, 0.3) is 16.9 Å². The first-order valence-corrected chi connectivity index (χ1v) is 6.99. The van der Waals surface area contributed by atoms with Crippen molar-refractivity contribution >= 4 is 11.6 Å². The van der Waals surface area contributed by atoms with Crippen LogP contribution >= 0.6 is 11.6 Å². The van der Waals surface area contributed by atoms with Crippen molar-refractivity contribution in [3.8, 4) is 22.7 Å². The van der Waals surface area contributed by atoms with Crippen LogP contribution in [0, 0.1) is 5.82 Å². The highest BCUT2D eigenvalue weighted by molar-refractivity contribution is 6.31. The van der Waals surface area contributed by atoms with Crippen molar-refractivity contribution < 1.29 is 9.50 Å². The van der Waals surface area contributed by atoms with Gasteiger partial charge in [0.1, 0.15) is 11.6 Å². The van der Waals surface area contributed by atoms with Crippen LogP contribution in [-0.4, -0.2) is 14.9 Å². The molecule has 4 nitrogen and oxygen atoms in total. The van der Waals surface area contributed by atoms with Crippen LogP contribution in [0.15, 0.2) is 48.7 Å².